The van der Waals surface area contributed by atoms with Crippen LogP contribution in [0.15, 0.2) is 49.7 Å². The molecule has 2 saturated heterocycles. The number of aromatic nitrogens is 5. The van der Waals surface area contributed by atoms with E-state index < -0.39 is 6.17 Å². The van der Waals surface area contributed by atoms with Crippen molar-refractivity contribution in [2.45, 2.75) is 43.9 Å². The Morgan fingerprint density at radius 2 is 2.17 bits per heavy atom. The molecule has 1 aromatic carbocycles. The van der Waals surface area contributed by atoms with Crippen LogP contribution >= 0.6 is 0 Å². The molecule has 0 aliphatic carbocycles. The van der Waals surface area contributed by atoms with Crippen molar-refractivity contribution in [3.05, 3.63) is 55.5 Å². The molecule has 5 rings (SSSR count). The topological polar surface area (TPSA) is 88.8 Å². The normalized spacial score (nSPS) is 25.8. The van der Waals surface area contributed by atoms with Gasteiger partial charge >= 0.3 is 0 Å². The van der Waals surface area contributed by atoms with E-state index >= 15 is 0 Å². The number of aromatic hydroxyl groups is 1. The predicted molar refractivity (Wildman–Crippen MR) is 111 cm³/mol. The van der Waals surface area contributed by atoms with Gasteiger partial charge in [-0.25, -0.2) is 14.4 Å². The SMILES string of the molecule is C=C(c1ncc(-c2ccc(-n3ccnc3)cc2O)nn1)[C@@H]1C[C@H]2CCC[C@H](N2)[C@H]1F. The molecule has 0 amide bonds. The summed E-state index contributed by atoms with van der Waals surface area (Å²) >= 11 is 0. The number of fused-ring (bicyclic) bond motifs is 2. The average molecular weight is 406 g/mol. The zero-order chi connectivity index (χ0) is 20.7. The molecule has 30 heavy (non-hydrogen) atoms. The minimum absolute atomic E-state index is 0.0684. The van der Waals surface area contributed by atoms with Crippen molar-refractivity contribution in [2.24, 2.45) is 5.92 Å². The van der Waals surface area contributed by atoms with Crippen LogP contribution in [-0.4, -0.2) is 48.1 Å². The van der Waals surface area contributed by atoms with Crippen molar-refractivity contribution in [2.75, 3.05) is 0 Å². The van der Waals surface area contributed by atoms with Crippen LogP contribution in [0, 0.1) is 5.92 Å². The monoisotopic (exact) mass is 406 g/mol. The quantitative estimate of drug-likeness (QED) is 0.691. The number of hydrogen-bond donors (Lipinski definition) is 2. The molecule has 2 aliphatic heterocycles. The lowest BCUT2D eigenvalue weighted by molar-refractivity contribution is 0.0980. The lowest BCUT2D eigenvalue weighted by Gasteiger charge is -2.43. The van der Waals surface area contributed by atoms with Crippen LogP contribution < -0.4 is 5.32 Å². The molecule has 0 saturated carbocycles. The lowest BCUT2D eigenvalue weighted by atomic mass is 9.76. The summed E-state index contributed by atoms with van der Waals surface area (Å²) in [6.45, 7) is 4.10. The first-order chi connectivity index (χ1) is 14.6. The molecule has 2 N–H and O–H groups in total. The zero-order valence-electron chi connectivity index (χ0n) is 16.4. The second kappa shape index (κ2) is 7.60. The van der Waals surface area contributed by atoms with Crippen LogP contribution in [0.1, 0.15) is 31.5 Å². The minimum atomic E-state index is -0.989. The summed E-state index contributed by atoms with van der Waals surface area (Å²) in [5, 5.41) is 22.3. The maximum absolute atomic E-state index is 15.0. The number of hydrogen-bond acceptors (Lipinski definition) is 6. The molecule has 4 atom stereocenters. The highest BCUT2D eigenvalue weighted by Crippen LogP contribution is 2.38. The maximum atomic E-state index is 15.0. The highest BCUT2D eigenvalue weighted by Gasteiger charge is 2.41. The van der Waals surface area contributed by atoms with Crippen LogP contribution in [0.3, 0.4) is 0 Å². The Morgan fingerprint density at radius 3 is 2.90 bits per heavy atom. The number of nitrogens with one attached hydrogen (secondary N) is 1. The van der Waals surface area contributed by atoms with E-state index in [9.17, 15) is 9.50 Å². The molecule has 2 bridgehead atoms. The zero-order valence-corrected chi connectivity index (χ0v) is 16.4. The van der Waals surface area contributed by atoms with Crippen molar-refractivity contribution in [3.8, 4) is 22.7 Å². The number of phenolic OH excluding ortho intramolecular Hbond substituents is 1. The molecule has 2 aliphatic rings. The van der Waals surface area contributed by atoms with E-state index in [1.165, 1.54) is 0 Å². The number of piperidine rings is 2. The summed E-state index contributed by atoms with van der Waals surface area (Å²) in [6.07, 6.45) is 9.38. The molecule has 2 aromatic heterocycles. The smallest absolute Gasteiger partial charge is 0.177 e. The van der Waals surface area contributed by atoms with Gasteiger partial charge in [0.05, 0.1) is 18.2 Å². The summed E-state index contributed by atoms with van der Waals surface area (Å²) in [5.41, 5.74) is 2.35. The number of rotatable bonds is 4. The number of benzene rings is 1. The Hall–Kier alpha value is -3.13. The molecule has 7 nitrogen and oxygen atoms in total. The van der Waals surface area contributed by atoms with E-state index in [0.717, 1.165) is 24.9 Å². The van der Waals surface area contributed by atoms with E-state index in [2.05, 4.69) is 32.1 Å². The summed E-state index contributed by atoms with van der Waals surface area (Å²) in [5.74, 6) is 0.136. The number of halogens is 1. The molecule has 154 valence electrons. The van der Waals surface area contributed by atoms with Gasteiger partial charge in [-0.05, 0) is 37.0 Å². The first kappa shape index (κ1) is 18.9. The third-order valence-electron chi connectivity index (χ3n) is 6.18. The Kier molecular flexibility index (Phi) is 4.78. The largest absolute Gasteiger partial charge is 0.507 e. The van der Waals surface area contributed by atoms with Gasteiger partial charge in [0.15, 0.2) is 5.82 Å². The van der Waals surface area contributed by atoms with E-state index in [4.69, 9.17) is 0 Å². The number of allylic oxidation sites excluding steroid dienone is 1. The van der Waals surface area contributed by atoms with Gasteiger partial charge in [0, 0.05) is 42.0 Å². The molecular weight excluding hydrogens is 383 g/mol. The van der Waals surface area contributed by atoms with E-state index in [1.807, 2.05) is 6.07 Å². The second-order valence-corrected chi connectivity index (χ2v) is 8.05. The Bertz CT molecular complexity index is 1050. The summed E-state index contributed by atoms with van der Waals surface area (Å²) in [6, 6.07) is 5.46. The first-order valence-electron chi connectivity index (χ1n) is 10.2. The van der Waals surface area contributed by atoms with Crippen molar-refractivity contribution < 1.29 is 9.50 Å². The summed E-state index contributed by atoms with van der Waals surface area (Å²) in [4.78, 5) is 8.39. The Labute approximate surface area is 173 Å². The van der Waals surface area contributed by atoms with Gasteiger partial charge in [-0.3, -0.25) is 0 Å². The molecule has 2 fully saturated rings. The standard InChI is InChI=1S/C22H23FN6O/c1-13(17-9-14-3-2-4-18(26-14)21(17)23)22-25-11-19(27-28-22)16-6-5-15(10-20(16)30)29-8-7-24-12-29/h5-8,10-12,14,17-18,21,26,30H,1-4,9H2/t14-,17+,18+,21+/m1/s1. The Morgan fingerprint density at radius 1 is 1.27 bits per heavy atom. The average Bonchev–Trinajstić information content (AvgIpc) is 3.31. The van der Waals surface area contributed by atoms with Gasteiger partial charge in [0.25, 0.3) is 0 Å². The van der Waals surface area contributed by atoms with Crippen molar-refractivity contribution in [1.29, 1.82) is 0 Å². The number of alkyl halides is 1. The van der Waals surface area contributed by atoms with Crippen LogP contribution in [0.5, 0.6) is 5.75 Å². The molecule has 0 unspecified atom stereocenters. The van der Waals surface area contributed by atoms with Gasteiger partial charge in [-0.15, -0.1) is 10.2 Å². The van der Waals surface area contributed by atoms with Crippen LogP contribution in [0.25, 0.3) is 22.5 Å². The van der Waals surface area contributed by atoms with Gasteiger partial charge in [-0.1, -0.05) is 13.0 Å². The second-order valence-electron chi connectivity index (χ2n) is 8.05. The van der Waals surface area contributed by atoms with E-state index in [1.54, 1.807) is 41.6 Å². The maximum Gasteiger partial charge on any atom is 0.177 e. The van der Waals surface area contributed by atoms with Crippen LogP contribution in [0.4, 0.5) is 4.39 Å². The van der Waals surface area contributed by atoms with Crippen LogP contribution in [-0.2, 0) is 0 Å². The fraction of sp³-hybridized carbons (Fsp3) is 0.364. The summed E-state index contributed by atoms with van der Waals surface area (Å²) < 4.78 is 16.8. The van der Waals surface area contributed by atoms with Crippen LogP contribution in [0.2, 0.25) is 0 Å². The molecular formula is C22H23FN6O. The predicted octanol–water partition coefficient (Wildman–Crippen LogP) is 3.31. The van der Waals surface area contributed by atoms with E-state index in [0.29, 0.717) is 35.1 Å². The molecule has 4 heterocycles. The lowest BCUT2D eigenvalue weighted by Crippen LogP contribution is -2.55. The molecule has 3 aromatic rings. The molecule has 8 heteroatoms. The number of nitrogens with zero attached hydrogens (tertiary/aromatic N) is 5. The van der Waals surface area contributed by atoms with Gasteiger partial charge < -0.3 is 15.0 Å². The highest BCUT2D eigenvalue weighted by atomic mass is 19.1. The number of imidazole rings is 1. The third-order valence-corrected chi connectivity index (χ3v) is 6.18. The van der Waals surface area contributed by atoms with Crippen molar-refractivity contribution >= 4 is 5.57 Å². The van der Waals surface area contributed by atoms with Gasteiger partial charge in [-0.2, -0.15) is 0 Å². The minimum Gasteiger partial charge on any atom is -0.507 e. The van der Waals surface area contributed by atoms with Crippen molar-refractivity contribution in [1.82, 2.24) is 30.0 Å². The van der Waals surface area contributed by atoms with E-state index in [-0.39, 0.29) is 17.7 Å². The first-order valence-corrected chi connectivity index (χ1v) is 10.2. The fourth-order valence-electron chi connectivity index (χ4n) is 4.56. The summed E-state index contributed by atoms with van der Waals surface area (Å²) in [7, 11) is 0. The molecule has 0 radical (unpaired) electrons. The van der Waals surface area contributed by atoms with Crippen molar-refractivity contribution in [3.63, 3.8) is 0 Å². The number of phenols is 1. The fourth-order valence-corrected chi connectivity index (χ4v) is 4.56. The van der Waals surface area contributed by atoms with Gasteiger partial charge in [0.1, 0.15) is 17.6 Å². The third kappa shape index (κ3) is 3.37. The van der Waals surface area contributed by atoms with Gasteiger partial charge in [0.2, 0.25) is 0 Å². The highest BCUT2D eigenvalue weighted by molar-refractivity contribution is 5.68. The molecule has 0 spiro atoms. The Balaban J connectivity index is 1.36.